The first-order valence-electron chi connectivity index (χ1n) is 3.86. The van der Waals surface area contributed by atoms with E-state index >= 15 is 0 Å². The summed E-state index contributed by atoms with van der Waals surface area (Å²) in [7, 11) is 0. The van der Waals surface area contributed by atoms with Gasteiger partial charge in [-0.1, -0.05) is 20.8 Å². The highest BCUT2D eigenvalue weighted by Crippen LogP contribution is 2.32. The van der Waals surface area contributed by atoms with Crippen molar-refractivity contribution in [3.63, 3.8) is 0 Å². The fourth-order valence-electron chi connectivity index (χ4n) is 1.21. The molecule has 0 saturated carbocycles. The van der Waals surface area contributed by atoms with Crippen molar-refractivity contribution in [1.29, 1.82) is 0 Å². The van der Waals surface area contributed by atoms with Crippen LogP contribution in [0.5, 0.6) is 0 Å². The number of thiol groups is 2. The van der Waals surface area contributed by atoms with Gasteiger partial charge in [-0.2, -0.15) is 25.3 Å². The molecule has 0 saturated heterocycles. The fraction of sp³-hybridized carbons (Fsp3) is 0.875. The third-order valence-electron chi connectivity index (χ3n) is 1.80. The molecule has 0 aromatic carbocycles. The standard InChI is InChI=1S/C8H16O2S2/c1-5(11)4-8(2,3)6(12)7(9)10/h5-6,11-12H,4H2,1-3H3,(H,9,10). The summed E-state index contributed by atoms with van der Waals surface area (Å²) in [6, 6.07) is 0. The lowest BCUT2D eigenvalue weighted by Gasteiger charge is -2.29. The van der Waals surface area contributed by atoms with E-state index in [9.17, 15) is 4.79 Å². The van der Waals surface area contributed by atoms with E-state index in [4.69, 9.17) is 5.11 Å². The Bertz CT molecular complexity index is 166. The van der Waals surface area contributed by atoms with Gasteiger partial charge in [-0.05, 0) is 17.1 Å². The van der Waals surface area contributed by atoms with Crippen molar-refractivity contribution in [3.8, 4) is 0 Å². The second-order valence-corrected chi connectivity index (χ2v) is 5.18. The Hall–Kier alpha value is 0.170. The van der Waals surface area contributed by atoms with Crippen LogP contribution in [0.1, 0.15) is 27.2 Å². The zero-order valence-electron chi connectivity index (χ0n) is 7.61. The first kappa shape index (κ1) is 12.2. The summed E-state index contributed by atoms with van der Waals surface area (Å²) in [6.07, 6.45) is 0.747. The highest BCUT2D eigenvalue weighted by atomic mass is 32.1. The van der Waals surface area contributed by atoms with Crippen molar-refractivity contribution in [3.05, 3.63) is 0 Å². The van der Waals surface area contributed by atoms with Gasteiger partial charge < -0.3 is 5.11 Å². The predicted octanol–water partition coefficient (Wildman–Crippen LogP) is 2.10. The molecule has 2 nitrogen and oxygen atoms in total. The first-order valence-corrected chi connectivity index (χ1v) is 4.89. The number of carboxylic acid groups (broad SMARTS) is 1. The zero-order valence-corrected chi connectivity index (χ0v) is 9.40. The van der Waals surface area contributed by atoms with Crippen LogP contribution in [0.2, 0.25) is 0 Å². The molecule has 0 fully saturated rings. The highest BCUT2D eigenvalue weighted by Gasteiger charge is 2.32. The molecule has 0 amide bonds. The summed E-state index contributed by atoms with van der Waals surface area (Å²) in [5.41, 5.74) is -0.309. The average Bonchev–Trinajstić information content (AvgIpc) is 1.82. The maximum absolute atomic E-state index is 10.6. The van der Waals surface area contributed by atoms with Crippen molar-refractivity contribution in [2.75, 3.05) is 0 Å². The van der Waals surface area contributed by atoms with Crippen LogP contribution in [-0.4, -0.2) is 21.6 Å². The van der Waals surface area contributed by atoms with Crippen LogP contribution < -0.4 is 0 Å². The van der Waals surface area contributed by atoms with Gasteiger partial charge in [0.2, 0.25) is 0 Å². The molecule has 0 heterocycles. The molecule has 72 valence electrons. The summed E-state index contributed by atoms with van der Waals surface area (Å²) in [5, 5.41) is 8.31. The van der Waals surface area contributed by atoms with Gasteiger partial charge in [0.15, 0.2) is 0 Å². The van der Waals surface area contributed by atoms with Gasteiger partial charge in [0.25, 0.3) is 0 Å². The fourth-order valence-corrected chi connectivity index (χ4v) is 1.78. The van der Waals surface area contributed by atoms with Gasteiger partial charge in [-0.15, -0.1) is 0 Å². The Morgan fingerprint density at radius 3 is 2.17 bits per heavy atom. The Morgan fingerprint density at radius 1 is 1.50 bits per heavy atom. The topological polar surface area (TPSA) is 37.3 Å². The molecule has 0 aromatic rings. The highest BCUT2D eigenvalue weighted by molar-refractivity contribution is 7.82. The third-order valence-corrected chi connectivity index (χ3v) is 2.90. The number of aliphatic carboxylic acids is 1. The van der Waals surface area contributed by atoms with E-state index in [1.807, 2.05) is 20.8 Å². The van der Waals surface area contributed by atoms with E-state index < -0.39 is 11.2 Å². The van der Waals surface area contributed by atoms with Crippen molar-refractivity contribution < 1.29 is 9.90 Å². The Kier molecular flexibility index (Phi) is 4.48. The van der Waals surface area contributed by atoms with E-state index in [0.717, 1.165) is 6.42 Å². The minimum Gasteiger partial charge on any atom is -0.480 e. The molecular formula is C8H16O2S2. The van der Waals surface area contributed by atoms with Crippen LogP contribution in [0, 0.1) is 5.41 Å². The molecule has 0 aliphatic heterocycles. The lowest BCUT2D eigenvalue weighted by molar-refractivity contribution is -0.138. The SMILES string of the molecule is CC(S)CC(C)(C)C(S)C(=O)O. The van der Waals surface area contributed by atoms with E-state index in [-0.39, 0.29) is 10.7 Å². The molecule has 1 N–H and O–H groups in total. The Balaban J connectivity index is 4.28. The molecule has 0 spiro atoms. The van der Waals surface area contributed by atoms with Crippen molar-refractivity contribution in [2.45, 2.75) is 37.7 Å². The Morgan fingerprint density at radius 2 is 1.92 bits per heavy atom. The average molecular weight is 208 g/mol. The number of hydrogen-bond donors (Lipinski definition) is 3. The van der Waals surface area contributed by atoms with Crippen LogP contribution in [0.25, 0.3) is 0 Å². The first-order chi connectivity index (χ1) is 5.27. The van der Waals surface area contributed by atoms with Crippen molar-refractivity contribution >= 4 is 31.2 Å². The second-order valence-electron chi connectivity index (χ2n) is 3.78. The smallest absolute Gasteiger partial charge is 0.316 e. The lowest BCUT2D eigenvalue weighted by atomic mass is 9.84. The predicted molar refractivity (Wildman–Crippen MR) is 57.3 cm³/mol. The Labute approximate surface area is 84.6 Å². The van der Waals surface area contributed by atoms with E-state index in [1.54, 1.807) is 0 Å². The maximum Gasteiger partial charge on any atom is 0.316 e. The van der Waals surface area contributed by atoms with Gasteiger partial charge in [0, 0.05) is 0 Å². The van der Waals surface area contributed by atoms with Gasteiger partial charge in [-0.25, -0.2) is 0 Å². The summed E-state index contributed by atoms with van der Waals surface area (Å²) in [5.74, 6) is -0.864. The molecule has 2 atom stereocenters. The van der Waals surface area contributed by atoms with Crippen LogP contribution in [0.15, 0.2) is 0 Å². The van der Waals surface area contributed by atoms with E-state index in [0.29, 0.717) is 0 Å². The zero-order chi connectivity index (χ0) is 9.94. The van der Waals surface area contributed by atoms with Gasteiger partial charge in [-0.3, -0.25) is 4.79 Å². The molecule has 0 radical (unpaired) electrons. The molecule has 0 aliphatic rings. The summed E-state index contributed by atoms with van der Waals surface area (Å²) in [4.78, 5) is 10.6. The van der Waals surface area contributed by atoms with E-state index in [1.165, 1.54) is 0 Å². The lowest BCUT2D eigenvalue weighted by Crippen LogP contribution is -2.33. The minimum atomic E-state index is -0.864. The molecule has 12 heavy (non-hydrogen) atoms. The minimum absolute atomic E-state index is 0.203. The normalized spacial score (nSPS) is 17.1. The van der Waals surface area contributed by atoms with Gasteiger partial charge in [0.05, 0.1) is 0 Å². The van der Waals surface area contributed by atoms with Crippen molar-refractivity contribution in [1.82, 2.24) is 0 Å². The summed E-state index contributed by atoms with van der Waals surface area (Å²) < 4.78 is 0. The largest absolute Gasteiger partial charge is 0.480 e. The molecule has 0 aliphatic carbocycles. The molecule has 0 bridgehead atoms. The quantitative estimate of drug-likeness (QED) is 0.619. The number of carbonyl (C=O) groups is 1. The van der Waals surface area contributed by atoms with Crippen molar-refractivity contribution in [2.24, 2.45) is 5.41 Å². The monoisotopic (exact) mass is 208 g/mol. The molecule has 0 aromatic heterocycles. The number of rotatable bonds is 4. The van der Waals surface area contributed by atoms with Crippen LogP contribution in [0.3, 0.4) is 0 Å². The van der Waals surface area contributed by atoms with E-state index in [2.05, 4.69) is 25.3 Å². The maximum atomic E-state index is 10.6. The third kappa shape index (κ3) is 3.72. The summed E-state index contributed by atoms with van der Waals surface area (Å²) in [6.45, 7) is 5.74. The molecule has 4 heteroatoms. The van der Waals surface area contributed by atoms with Crippen LogP contribution >= 0.6 is 25.3 Å². The van der Waals surface area contributed by atoms with Crippen LogP contribution in [0.4, 0.5) is 0 Å². The van der Waals surface area contributed by atoms with Gasteiger partial charge in [0.1, 0.15) is 5.25 Å². The molecule has 0 rings (SSSR count). The number of carboxylic acids is 1. The molecule has 2 unspecified atom stereocenters. The molecular weight excluding hydrogens is 192 g/mol. The van der Waals surface area contributed by atoms with Crippen LogP contribution in [-0.2, 0) is 4.79 Å². The number of hydrogen-bond acceptors (Lipinski definition) is 3. The summed E-state index contributed by atoms with van der Waals surface area (Å²) >= 11 is 8.27. The van der Waals surface area contributed by atoms with Gasteiger partial charge >= 0.3 is 5.97 Å². The second kappa shape index (κ2) is 4.42.